The Balaban J connectivity index is 1.25. The number of aliphatic imine (C=N–C) groups is 1. The van der Waals surface area contributed by atoms with E-state index < -0.39 is 64.8 Å². The minimum atomic E-state index is -3.28. The van der Waals surface area contributed by atoms with Crippen LogP contribution in [0.1, 0.15) is 42.4 Å². The molecule has 11 nitrogen and oxygen atoms in total. The third-order valence-corrected chi connectivity index (χ3v) is 10.4. The van der Waals surface area contributed by atoms with E-state index in [0.717, 1.165) is 11.6 Å². The van der Waals surface area contributed by atoms with Gasteiger partial charge in [-0.05, 0) is 25.5 Å². The van der Waals surface area contributed by atoms with E-state index in [1.165, 1.54) is 47.6 Å². The van der Waals surface area contributed by atoms with E-state index in [0.29, 0.717) is 5.01 Å². The Bertz CT molecular complexity index is 1850. The molecule has 0 amide bonds. The fourth-order valence-electron chi connectivity index (χ4n) is 6.48. The van der Waals surface area contributed by atoms with Crippen LogP contribution in [0.4, 0.5) is 17.6 Å². The van der Waals surface area contributed by atoms with Crippen molar-refractivity contribution in [3.05, 3.63) is 98.1 Å². The van der Waals surface area contributed by atoms with Gasteiger partial charge in [0.15, 0.2) is 28.1 Å². The smallest absolute Gasteiger partial charge is 0.338 e. The van der Waals surface area contributed by atoms with Crippen molar-refractivity contribution >= 4 is 40.7 Å². The normalized spacial score (nSPS) is 22.8. The third kappa shape index (κ3) is 7.59. The van der Waals surface area contributed by atoms with E-state index in [1.807, 2.05) is 30.3 Å². The van der Waals surface area contributed by atoms with Crippen molar-refractivity contribution in [1.29, 1.82) is 0 Å². The average Bonchev–Trinajstić information content (AvgIpc) is 3.88. The van der Waals surface area contributed by atoms with E-state index in [-0.39, 0.29) is 62.0 Å². The quantitative estimate of drug-likeness (QED) is 0.137. The Hall–Kier alpha value is -3.93. The summed E-state index contributed by atoms with van der Waals surface area (Å²) in [5.41, 5.74) is -0.657. The lowest BCUT2D eigenvalue weighted by molar-refractivity contribution is -0.194. The summed E-state index contributed by atoms with van der Waals surface area (Å²) in [6.07, 6.45) is 1.52. The van der Waals surface area contributed by atoms with Gasteiger partial charge in [0.2, 0.25) is 0 Å². The zero-order chi connectivity index (χ0) is 37.2. The first-order valence-corrected chi connectivity index (χ1v) is 17.7. The lowest BCUT2D eigenvalue weighted by Crippen LogP contribution is -2.48. The number of aromatic nitrogens is 1. The summed E-state index contributed by atoms with van der Waals surface area (Å²) in [5, 5.41) is 5.76. The highest BCUT2D eigenvalue weighted by Crippen LogP contribution is 2.43. The van der Waals surface area contributed by atoms with Crippen LogP contribution in [0.25, 0.3) is 0 Å². The van der Waals surface area contributed by atoms with Crippen LogP contribution < -0.4 is 5.32 Å². The fraction of sp³-hybridized carbons (Fsp3) is 0.429. The van der Waals surface area contributed by atoms with Crippen LogP contribution in [-0.4, -0.2) is 96.3 Å². The van der Waals surface area contributed by atoms with Crippen molar-refractivity contribution in [3.63, 3.8) is 0 Å². The molecule has 52 heavy (non-hydrogen) atoms. The maximum Gasteiger partial charge on any atom is 0.338 e. The number of nitrogens with one attached hydrogen (secondary N) is 1. The molecule has 0 radical (unpaired) electrons. The van der Waals surface area contributed by atoms with Crippen LogP contribution in [0, 0.1) is 11.6 Å². The van der Waals surface area contributed by atoms with Crippen molar-refractivity contribution < 1.29 is 46.2 Å². The van der Waals surface area contributed by atoms with Crippen LogP contribution >= 0.6 is 22.9 Å². The molecule has 0 aliphatic carbocycles. The van der Waals surface area contributed by atoms with Gasteiger partial charge in [-0.1, -0.05) is 48.0 Å². The molecular weight excluding hydrogens is 730 g/mol. The fourth-order valence-corrected chi connectivity index (χ4v) is 7.32. The first-order valence-electron chi connectivity index (χ1n) is 16.4. The molecule has 3 aromatic rings. The molecule has 6 rings (SSSR count). The van der Waals surface area contributed by atoms with Crippen LogP contribution in [0.2, 0.25) is 5.02 Å². The van der Waals surface area contributed by atoms with Gasteiger partial charge in [-0.2, -0.15) is 5.06 Å². The molecule has 1 aromatic heterocycles. The molecule has 1 N–H and O–H groups in total. The Labute approximate surface area is 306 Å². The Morgan fingerprint density at radius 2 is 1.94 bits per heavy atom. The van der Waals surface area contributed by atoms with E-state index >= 15 is 8.78 Å². The van der Waals surface area contributed by atoms with Crippen LogP contribution in [0.5, 0.6) is 0 Å². The van der Waals surface area contributed by atoms with Crippen molar-refractivity contribution in [2.45, 2.75) is 56.5 Å². The summed E-state index contributed by atoms with van der Waals surface area (Å²) in [6.45, 7) is 1.97. The van der Waals surface area contributed by atoms with E-state index in [4.69, 9.17) is 30.6 Å². The van der Waals surface area contributed by atoms with Crippen molar-refractivity contribution in [2.75, 3.05) is 40.0 Å². The van der Waals surface area contributed by atoms with Crippen molar-refractivity contribution in [3.8, 4) is 0 Å². The Morgan fingerprint density at radius 1 is 1.17 bits per heavy atom. The number of amidine groups is 1. The second-order valence-electron chi connectivity index (χ2n) is 12.6. The number of fused-ring (bicyclic) bond motifs is 1. The van der Waals surface area contributed by atoms with Gasteiger partial charge in [0.25, 0.3) is 5.92 Å². The zero-order valence-corrected chi connectivity index (χ0v) is 30.0. The third-order valence-electron chi connectivity index (χ3n) is 9.28. The zero-order valence-electron chi connectivity index (χ0n) is 28.4. The monoisotopic (exact) mass is 765 g/mol. The molecule has 3 aliphatic rings. The molecule has 2 saturated heterocycles. The molecule has 0 unspecified atom stereocenters. The maximum atomic E-state index is 15.9. The number of hydrogen-bond donors (Lipinski definition) is 1. The number of thiazole rings is 1. The predicted octanol–water partition coefficient (Wildman–Crippen LogP) is 5.46. The summed E-state index contributed by atoms with van der Waals surface area (Å²) in [6, 6.07) is 7.62. The number of nitrogens with zero attached hydrogens (tertiary/aromatic N) is 4. The number of hydroxylamine groups is 2. The second kappa shape index (κ2) is 15.6. The van der Waals surface area contributed by atoms with Gasteiger partial charge in [-0.15, -0.1) is 11.3 Å². The lowest BCUT2D eigenvalue weighted by atomic mass is 9.95. The summed E-state index contributed by atoms with van der Waals surface area (Å²) >= 11 is 7.49. The van der Waals surface area contributed by atoms with E-state index in [1.54, 1.807) is 12.3 Å². The summed E-state index contributed by atoms with van der Waals surface area (Å²) in [7, 11) is 1.35. The van der Waals surface area contributed by atoms with Gasteiger partial charge >= 0.3 is 11.9 Å². The molecule has 3 aliphatic heterocycles. The highest BCUT2D eigenvalue weighted by atomic mass is 35.5. The van der Waals surface area contributed by atoms with Gasteiger partial charge in [-0.3, -0.25) is 14.7 Å². The van der Waals surface area contributed by atoms with Gasteiger partial charge in [0.05, 0.1) is 36.4 Å². The van der Waals surface area contributed by atoms with Gasteiger partial charge in [0.1, 0.15) is 18.7 Å². The number of halogens is 5. The highest BCUT2D eigenvalue weighted by Gasteiger charge is 2.61. The molecule has 0 bridgehead atoms. The number of rotatable bonds is 13. The molecule has 0 saturated carbocycles. The predicted molar refractivity (Wildman–Crippen MR) is 183 cm³/mol. The van der Waals surface area contributed by atoms with Crippen molar-refractivity contribution in [1.82, 2.24) is 20.3 Å². The standard InChI is InChI=1S/C35H36ClF4N5O6S/c1-4-49-32(46)25-23(42-30(31-41-13-15-52-31)43-28(25)21-10-11-22(37)27(38)26(21)36)16-44-19-35(39,40)29-24(44)18-51-45(29)14-12-34(2,48-3)33(47)50-17-20-8-6-5-7-9-20/h5-11,13,15,24,28-29H,4,12,14,16-19H2,1-3H3,(H,42,43)/t24-,28-,29+,34-/m0/s1. The minimum Gasteiger partial charge on any atom is -0.463 e. The number of carbonyl (C=O) groups is 2. The Kier molecular flexibility index (Phi) is 11.3. The summed E-state index contributed by atoms with van der Waals surface area (Å²) < 4.78 is 77.1. The molecule has 4 atom stereocenters. The largest absolute Gasteiger partial charge is 0.463 e. The second-order valence-corrected chi connectivity index (χ2v) is 13.9. The molecule has 278 valence electrons. The number of alkyl halides is 2. The number of likely N-dealkylation sites (tertiary alicyclic amines) is 1. The average molecular weight is 766 g/mol. The number of carbonyl (C=O) groups excluding carboxylic acids is 2. The van der Waals surface area contributed by atoms with Crippen molar-refractivity contribution in [2.24, 2.45) is 4.99 Å². The van der Waals surface area contributed by atoms with Gasteiger partial charge in [0, 0.05) is 49.5 Å². The Morgan fingerprint density at radius 3 is 2.63 bits per heavy atom. The maximum absolute atomic E-state index is 15.9. The van der Waals surface area contributed by atoms with Gasteiger partial charge in [-0.25, -0.2) is 32.1 Å². The first-order chi connectivity index (χ1) is 24.9. The SMILES string of the molecule is CCOC(=O)C1=C(CN2CC(F)(F)[C@H]3[C@@H]2CON3CC[C@](C)(OC)C(=O)OCc2ccccc2)NC(c2nccs2)=N[C@H]1c1ccc(F)c(F)c1Cl. The first kappa shape index (κ1) is 37.8. The molecule has 17 heteroatoms. The molecule has 2 fully saturated rings. The minimum absolute atomic E-state index is 0.0134. The summed E-state index contributed by atoms with van der Waals surface area (Å²) in [4.78, 5) is 42.8. The van der Waals surface area contributed by atoms with Crippen LogP contribution in [-0.2, 0) is 35.2 Å². The number of benzene rings is 2. The molecule has 2 aromatic carbocycles. The van der Waals surface area contributed by atoms with E-state index in [2.05, 4.69) is 15.3 Å². The van der Waals surface area contributed by atoms with Crippen LogP contribution in [0.3, 0.4) is 0 Å². The topological polar surface area (TPSA) is 115 Å². The summed E-state index contributed by atoms with van der Waals surface area (Å²) in [5.74, 6) is -7.12. The number of methoxy groups -OCH3 is 1. The molecule has 4 heterocycles. The molecule has 0 spiro atoms. The highest BCUT2D eigenvalue weighted by molar-refractivity contribution is 7.11. The number of ether oxygens (including phenoxy) is 3. The van der Waals surface area contributed by atoms with E-state index in [9.17, 15) is 18.4 Å². The van der Waals surface area contributed by atoms with Crippen LogP contribution in [0.15, 0.2) is 70.3 Å². The lowest BCUT2D eigenvalue weighted by Gasteiger charge is -2.31. The van der Waals surface area contributed by atoms with Gasteiger partial charge < -0.3 is 19.5 Å². The number of hydrogen-bond acceptors (Lipinski definition) is 12. The molecular formula is C35H36ClF4N5O6S. The number of esters is 2.